The molecular weight excluding hydrogens is 282 g/mol. The zero-order chi connectivity index (χ0) is 16.0. The van der Waals surface area contributed by atoms with Gasteiger partial charge in [-0.25, -0.2) is 14.6 Å². The van der Waals surface area contributed by atoms with Gasteiger partial charge >= 0.3 is 12.0 Å². The number of H-pyrrole nitrogens is 1. The maximum Gasteiger partial charge on any atom is 0.326 e. The molecule has 6 N–H and O–H groups in total. The van der Waals surface area contributed by atoms with E-state index in [-0.39, 0.29) is 18.8 Å². The number of nitrogens with one attached hydrogen (secondary N) is 3. The summed E-state index contributed by atoms with van der Waals surface area (Å²) >= 11 is 0. The third-order valence-electron chi connectivity index (χ3n) is 2.38. The molecule has 0 spiro atoms. The van der Waals surface area contributed by atoms with Gasteiger partial charge in [-0.3, -0.25) is 19.9 Å². The lowest BCUT2D eigenvalue weighted by Crippen LogP contribution is -2.43. The van der Waals surface area contributed by atoms with Gasteiger partial charge in [0.1, 0.15) is 6.04 Å². The van der Waals surface area contributed by atoms with Crippen LogP contribution in [0.4, 0.5) is 10.7 Å². The predicted molar refractivity (Wildman–Crippen MR) is 71.6 cm³/mol. The van der Waals surface area contributed by atoms with Gasteiger partial charge in [0.15, 0.2) is 0 Å². The minimum atomic E-state index is -1.31. The predicted octanol–water partition coefficient (Wildman–Crippen LogP) is -1.08. The highest BCUT2D eigenvalue weighted by Gasteiger charge is 2.20. The first-order valence-corrected chi connectivity index (χ1v) is 5.94. The summed E-state index contributed by atoms with van der Waals surface area (Å²) in [6, 6.07) is -0.926. The lowest BCUT2D eigenvalue weighted by molar-refractivity contribution is -0.139. The third-order valence-corrected chi connectivity index (χ3v) is 2.38. The van der Waals surface area contributed by atoms with E-state index in [9.17, 15) is 19.2 Å². The topological polar surface area (TPSA) is 167 Å². The van der Waals surface area contributed by atoms with Crippen molar-refractivity contribution >= 4 is 23.9 Å². The number of aliphatic carboxylic acids is 1. The van der Waals surface area contributed by atoms with Crippen molar-refractivity contribution in [3.8, 4) is 0 Å². The Labute approximate surface area is 118 Å². The number of carbonyl (C=O) groups is 3. The molecular formula is C11H15N5O5. The molecule has 1 rings (SSSR count). The van der Waals surface area contributed by atoms with Crippen molar-refractivity contribution in [1.29, 1.82) is 0 Å². The fraction of sp³-hybridized carbons (Fsp3) is 0.364. The Bertz CT molecular complexity index is 611. The van der Waals surface area contributed by atoms with Crippen molar-refractivity contribution in [2.75, 3.05) is 5.32 Å². The summed E-state index contributed by atoms with van der Waals surface area (Å²) in [6.45, 7) is 1.56. The molecule has 21 heavy (non-hydrogen) atoms. The Hall–Kier alpha value is -2.91. The fourth-order valence-electron chi connectivity index (χ4n) is 1.48. The standard InChI is InChI=1S/C11H15N5O5/c1-5-4-8(18)15-10(13-5)16-11(21)14-6(9(19)20)2-3-7(12)17/h4,6H,2-3H2,1H3,(H2,12,17)(H,19,20)(H3,13,14,15,16,18,21)/t6-/m1/s1. The quantitative estimate of drug-likeness (QED) is 0.447. The molecule has 114 valence electrons. The second kappa shape index (κ2) is 7.03. The molecule has 1 aromatic rings. The first-order chi connectivity index (χ1) is 9.77. The largest absolute Gasteiger partial charge is 0.480 e. The molecule has 0 aliphatic heterocycles. The molecule has 0 fully saturated rings. The first kappa shape index (κ1) is 16.1. The summed E-state index contributed by atoms with van der Waals surface area (Å²) in [7, 11) is 0. The number of nitrogens with zero attached hydrogens (tertiary/aromatic N) is 1. The third kappa shape index (κ3) is 5.72. The van der Waals surface area contributed by atoms with Crippen LogP contribution in [0, 0.1) is 6.92 Å². The maximum atomic E-state index is 11.6. The zero-order valence-corrected chi connectivity index (χ0v) is 11.2. The molecule has 0 bridgehead atoms. The molecule has 1 aromatic heterocycles. The van der Waals surface area contributed by atoms with Gasteiger partial charge in [-0.15, -0.1) is 0 Å². The van der Waals surface area contributed by atoms with Crippen molar-refractivity contribution in [3.05, 3.63) is 22.1 Å². The number of aryl methyl sites for hydroxylation is 1. The van der Waals surface area contributed by atoms with Crippen LogP contribution in [-0.4, -0.2) is 39.0 Å². The van der Waals surface area contributed by atoms with Crippen molar-refractivity contribution in [2.24, 2.45) is 5.73 Å². The Morgan fingerprint density at radius 1 is 1.48 bits per heavy atom. The number of anilines is 1. The van der Waals surface area contributed by atoms with Crippen LogP contribution < -0.4 is 21.9 Å². The van der Waals surface area contributed by atoms with E-state index in [2.05, 4.69) is 20.6 Å². The Kier molecular flexibility index (Phi) is 5.40. The summed E-state index contributed by atoms with van der Waals surface area (Å²) < 4.78 is 0. The first-order valence-electron chi connectivity index (χ1n) is 5.94. The SMILES string of the molecule is Cc1cc(=O)[nH]c(NC(=O)N[C@H](CCC(N)=O)C(=O)O)n1. The van der Waals surface area contributed by atoms with E-state index in [1.807, 2.05) is 0 Å². The van der Waals surface area contributed by atoms with Gasteiger partial charge in [-0.1, -0.05) is 0 Å². The van der Waals surface area contributed by atoms with Crippen LogP contribution >= 0.6 is 0 Å². The number of aromatic amines is 1. The van der Waals surface area contributed by atoms with E-state index in [1.54, 1.807) is 6.92 Å². The number of primary amides is 1. The second-order valence-corrected chi connectivity index (χ2v) is 4.23. The number of urea groups is 1. The molecule has 0 radical (unpaired) electrons. The van der Waals surface area contributed by atoms with Crippen LogP contribution in [0.25, 0.3) is 0 Å². The van der Waals surface area contributed by atoms with Crippen molar-refractivity contribution in [2.45, 2.75) is 25.8 Å². The van der Waals surface area contributed by atoms with Gasteiger partial charge in [-0.2, -0.15) is 0 Å². The molecule has 0 saturated heterocycles. The van der Waals surface area contributed by atoms with Gasteiger partial charge in [0.25, 0.3) is 5.56 Å². The minimum absolute atomic E-state index is 0.114. The molecule has 0 aliphatic carbocycles. The number of carboxylic acids is 1. The number of aromatic nitrogens is 2. The minimum Gasteiger partial charge on any atom is -0.480 e. The summed E-state index contributed by atoms with van der Waals surface area (Å²) in [5.74, 6) is -2.10. The summed E-state index contributed by atoms with van der Waals surface area (Å²) in [5.41, 5.74) is 4.85. The molecule has 0 saturated carbocycles. The number of carboxylic acid groups (broad SMARTS) is 1. The van der Waals surface area contributed by atoms with E-state index < -0.39 is 29.5 Å². The Balaban J connectivity index is 2.67. The van der Waals surface area contributed by atoms with E-state index in [4.69, 9.17) is 10.8 Å². The van der Waals surface area contributed by atoms with E-state index in [1.165, 1.54) is 6.07 Å². The van der Waals surface area contributed by atoms with Gasteiger partial charge in [0, 0.05) is 18.2 Å². The highest BCUT2D eigenvalue weighted by atomic mass is 16.4. The Morgan fingerprint density at radius 3 is 2.67 bits per heavy atom. The van der Waals surface area contributed by atoms with Crippen LogP contribution in [0.1, 0.15) is 18.5 Å². The zero-order valence-electron chi connectivity index (χ0n) is 11.2. The summed E-state index contributed by atoms with van der Waals surface area (Å²) in [4.78, 5) is 50.5. The van der Waals surface area contributed by atoms with E-state index in [0.717, 1.165) is 0 Å². The van der Waals surface area contributed by atoms with E-state index >= 15 is 0 Å². The van der Waals surface area contributed by atoms with Crippen LogP contribution in [0.15, 0.2) is 10.9 Å². The fourth-order valence-corrected chi connectivity index (χ4v) is 1.48. The molecule has 10 heteroatoms. The molecule has 10 nitrogen and oxygen atoms in total. The number of amides is 3. The number of hydrogen-bond donors (Lipinski definition) is 5. The van der Waals surface area contributed by atoms with Gasteiger partial charge in [0.2, 0.25) is 11.9 Å². The van der Waals surface area contributed by atoms with Crippen LogP contribution in [0.3, 0.4) is 0 Å². The average molecular weight is 297 g/mol. The molecule has 0 aromatic carbocycles. The van der Waals surface area contributed by atoms with Crippen molar-refractivity contribution < 1.29 is 19.5 Å². The average Bonchev–Trinajstić information content (AvgIpc) is 2.32. The van der Waals surface area contributed by atoms with Crippen LogP contribution in [0.2, 0.25) is 0 Å². The summed E-state index contributed by atoms with van der Waals surface area (Å²) in [5, 5.41) is 13.3. The van der Waals surface area contributed by atoms with Gasteiger partial charge in [-0.05, 0) is 13.3 Å². The van der Waals surface area contributed by atoms with Crippen molar-refractivity contribution in [3.63, 3.8) is 0 Å². The van der Waals surface area contributed by atoms with Gasteiger partial charge < -0.3 is 16.2 Å². The van der Waals surface area contributed by atoms with Gasteiger partial charge in [0.05, 0.1) is 0 Å². The lowest BCUT2D eigenvalue weighted by atomic mass is 10.1. The lowest BCUT2D eigenvalue weighted by Gasteiger charge is -2.14. The highest BCUT2D eigenvalue weighted by Crippen LogP contribution is 2.00. The molecule has 1 heterocycles. The molecule has 0 aliphatic rings. The molecule has 0 unspecified atom stereocenters. The Morgan fingerprint density at radius 2 is 2.14 bits per heavy atom. The van der Waals surface area contributed by atoms with Crippen LogP contribution in [-0.2, 0) is 9.59 Å². The monoisotopic (exact) mass is 297 g/mol. The normalized spacial score (nSPS) is 11.5. The smallest absolute Gasteiger partial charge is 0.326 e. The van der Waals surface area contributed by atoms with Crippen molar-refractivity contribution in [1.82, 2.24) is 15.3 Å². The van der Waals surface area contributed by atoms with E-state index in [0.29, 0.717) is 5.69 Å². The molecule has 1 atom stereocenters. The van der Waals surface area contributed by atoms with Crippen LogP contribution in [0.5, 0.6) is 0 Å². The maximum absolute atomic E-state index is 11.6. The number of rotatable bonds is 6. The number of nitrogens with two attached hydrogens (primary N) is 1. The second-order valence-electron chi connectivity index (χ2n) is 4.23. The molecule has 3 amide bonds. The summed E-state index contributed by atoms with van der Waals surface area (Å²) in [6.07, 6.45) is -0.327. The number of carbonyl (C=O) groups excluding carboxylic acids is 2. The highest BCUT2D eigenvalue weighted by molar-refractivity contribution is 5.91. The number of hydrogen-bond acceptors (Lipinski definition) is 5.